The van der Waals surface area contributed by atoms with Crippen molar-refractivity contribution in [1.82, 2.24) is 9.55 Å². The number of ether oxygens (including phenoxy) is 1. The number of nitrogens with zero attached hydrogens (tertiary/aromatic N) is 2. The molecule has 0 bridgehead atoms. The zero-order valence-electron chi connectivity index (χ0n) is 9.33. The van der Waals surface area contributed by atoms with Gasteiger partial charge in [0.05, 0.1) is 25.6 Å². The van der Waals surface area contributed by atoms with Gasteiger partial charge in [-0.2, -0.15) is 0 Å². The highest BCUT2D eigenvalue weighted by molar-refractivity contribution is 5.69. The molecule has 0 aliphatic heterocycles. The zero-order valence-corrected chi connectivity index (χ0v) is 9.33. The Morgan fingerprint density at radius 2 is 2.12 bits per heavy atom. The molecular weight excluding hydrogens is 220 g/mol. The van der Waals surface area contributed by atoms with Crippen molar-refractivity contribution in [3.05, 3.63) is 42.5 Å². The van der Waals surface area contributed by atoms with Gasteiger partial charge in [0.25, 0.3) is 0 Å². The van der Waals surface area contributed by atoms with Gasteiger partial charge in [-0.1, -0.05) is 0 Å². The zero-order chi connectivity index (χ0) is 12.3. The first-order valence-electron chi connectivity index (χ1n) is 5.08. The molecule has 0 fully saturated rings. The standard InChI is InChI=1S/C12H12N2O3/c1-17-11-4-2-10(3-5-11)14-7-9(13-8-14)6-12(15)16/h2-5,7-8H,6H2,1H3,(H,15,16). The van der Waals surface area contributed by atoms with Gasteiger partial charge in [-0.3, -0.25) is 4.79 Å². The maximum Gasteiger partial charge on any atom is 0.309 e. The van der Waals surface area contributed by atoms with Crippen LogP contribution in [-0.2, 0) is 11.2 Å². The number of rotatable bonds is 4. The van der Waals surface area contributed by atoms with Crippen LogP contribution in [0.5, 0.6) is 5.75 Å². The van der Waals surface area contributed by atoms with Crippen LogP contribution < -0.4 is 4.74 Å². The van der Waals surface area contributed by atoms with E-state index in [2.05, 4.69) is 4.98 Å². The Morgan fingerprint density at radius 1 is 1.41 bits per heavy atom. The molecule has 2 rings (SSSR count). The SMILES string of the molecule is COc1ccc(-n2cnc(CC(=O)O)c2)cc1. The fourth-order valence-corrected chi connectivity index (χ4v) is 1.51. The molecule has 5 heteroatoms. The Morgan fingerprint density at radius 3 is 2.71 bits per heavy atom. The lowest BCUT2D eigenvalue weighted by molar-refractivity contribution is -0.136. The first kappa shape index (κ1) is 11.2. The van der Waals surface area contributed by atoms with E-state index in [9.17, 15) is 4.79 Å². The highest BCUT2D eigenvalue weighted by atomic mass is 16.5. The van der Waals surface area contributed by atoms with Gasteiger partial charge >= 0.3 is 5.97 Å². The number of methoxy groups -OCH3 is 1. The summed E-state index contributed by atoms with van der Waals surface area (Å²) in [5, 5.41) is 8.65. The van der Waals surface area contributed by atoms with Gasteiger partial charge in [0.15, 0.2) is 0 Å². The summed E-state index contributed by atoms with van der Waals surface area (Å²) in [7, 11) is 1.61. The molecule has 5 nitrogen and oxygen atoms in total. The second-order valence-corrected chi connectivity index (χ2v) is 3.54. The molecule has 88 valence electrons. The molecule has 1 N–H and O–H groups in total. The van der Waals surface area contributed by atoms with E-state index in [0.29, 0.717) is 5.69 Å². The number of carboxylic acid groups (broad SMARTS) is 1. The van der Waals surface area contributed by atoms with Crippen LogP contribution in [0.1, 0.15) is 5.69 Å². The molecule has 0 aliphatic carbocycles. The van der Waals surface area contributed by atoms with Gasteiger partial charge in [-0.05, 0) is 24.3 Å². The topological polar surface area (TPSA) is 64.4 Å². The minimum absolute atomic E-state index is 0.0663. The van der Waals surface area contributed by atoms with Crippen LogP contribution in [-0.4, -0.2) is 27.7 Å². The number of carboxylic acids is 1. The summed E-state index contributed by atoms with van der Waals surface area (Å²) < 4.78 is 6.84. The van der Waals surface area contributed by atoms with E-state index < -0.39 is 5.97 Å². The smallest absolute Gasteiger partial charge is 0.309 e. The van der Waals surface area contributed by atoms with E-state index in [1.54, 1.807) is 24.2 Å². The molecule has 1 aromatic heterocycles. The van der Waals surface area contributed by atoms with Crippen LogP contribution in [0.2, 0.25) is 0 Å². The first-order valence-corrected chi connectivity index (χ1v) is 5.08. The number of hydrogen-bond donors (Lipinski definition) is 1. The maximum atomic E-state index is 10.5. The lowest BCUT2D eigenvalue weighted by Gasteiger charge is -2.03. The molecule has 0 radical (unpaired) electrons. The van der Waals surface area contributed by atoms with Gasteiger partial charge in [-0.15, -0.1) is 0 Å². The molecule has 0 saturated heterocycles. The van der Waals surface area contributed by atoms with Crippen molar-refractivity contribution in [3.8, 4) is 11.4 Å². The second-order valence-electron chi connectivity index (χ2n) is 3.54. The molecule has 0 saturated carbocycles. The Balaban J connectivity index is 2.21. The van der Waals surface area contributed by atoms with Crippen LogP contribution >= 0.6 is 0 Å². The fraction of sp³-hybridized carbons (Fsp3) is 0.167. The van der Waals surface area contributed by atoms with Crippen molar-refractivity contribution >= 4 is 5.97 Å². The van der Waals surface area contributed by atoms with E-state index in [1.165, 1.54) is 0 Å². The molecule has 0 amide bonds. The van der Waals surface area contributed by atoms with Crippen LogP contribution in [0.15, 0.2) is 36.8 Å². The molecule has 2 aromatic rings. The number of hydrogen-bond acceptors (Lipinski definition) is 3. The van der Waals surface area contributed by atoms with Crippen molar-refractivity contribution in [3.63, 3.8) is 0 Å². The van der Waals surface area contributed by atoms with Gasteiger partial charge in [0, 0.05) is 11.9 Å². The minimum Gasteiger partial charge on any atom is -0.497 e. The fourth-order valence-electron chi connectivity index (χ4n) is 1.51. The van der Waals surface area contributed by atoms with Gasteiger partial charge in [0.1, 0.15) is 5.75 Å². The van der Waals surface area contributed by atoms with E-state index >= 15 is 0 Å². The molecular formula is C12H12N2O3. The molecule has 0 spiro atoms. The third kappa shape index (κ3) is 2.63. The van der Waals surface area contributed by atoms with E-state index in [4.69, 9.17) is 9.84 Å². The minimum atomic E-state index is -0.884. The van der Waals surface area contributed by atoms with Gasteiger partial charge in [0.2, 0.25) is 0 Å². The van der Waals surface area contributed by atoms with Crippen molar-refractivity contribution < 1.29 is 14.6 Å². The van der Waals surface area contributed by atoms with Crippen LogP contribution in [0.25, 0.3) is 5.69 Å². The number of imidazole rings is 1. The molecule has 1 aromatic carbocycles. The average Bonchev–Trinajstić information content (AvgIpc) is 2.77. The Labute approximate surface area is 98.3 Å². The van der Waals surface area contributed by atoms with E-state index in [1.807, 2.05) is 24.3 Å². The predicted molar refractivity (Wildman–Crippen MR) is 61.5 cm³/mol. The van der Waals surface area contributed by atoms with Crippen LogP contribution in [0, 0.1) is 0 Å². The molecule has 1 heterocycles. The second kappa shape index (κ2) is 4.69. The summed E-state index contributed by atoms with van der Waals surface area (Å²) in [6.45, 7) is 0. The van der Waals surface area contributed by atoms with Crippen molar-refractivity contribution in [2.75, 3.05) is 7.11 Å². The average molecular weight is 232 g/mol. The number of aliphatic carboxylic acids is 1. The Hall–Kier alpha value is -2.30. The van der Waals surface area contributed by atoms with Crippen molar-refractivity contribution in [1.29, 1.82) is 0 Å². The van der Waals surface area contributed by atoms with Crippen molar-refractivity contribution in [2.45, 2.75) is 6.42 Å². The third-order valence-corrected chi connectivity index (χ3v) is 2.34. The maximum absolute atomic E-state index is 10.5. The van der Waals surface area contributed by atoms with Crippen LogP contribution in [0.3, 0.4) is 0 Å². The quantitative estimate of drug-likeness (QED) is 0.867. The summed E-state index contributed by atoms with van der Waals surface area (Å²) in [6.07, 6.45) is 3.24. The summed E-state index contributed by atoms with van der Waals surface area (Å²) in [6, 6.07) is 7.44. The van der Waals surface area contributed by atoms with E-state index in [-0.39, 0.29) is 6.42 Å². The summed E-state index contributed by atoms with van der Waals surface area (Å²) >= 11 is 0. The van der Waals surface area contributed by atoms with Gasteiger partial charge in [-0.25, -0.2) is 4.98 Å². The Bertz CT molecular complexity index is 517. The number of carbonyl (C=O) groups is 1. The normalized spacial score (nSPS) is 10.2. The number of benzene rings is 1. The molecule has 0 unspecified atom stereocenters. The molecule has 0 aliphatic rings. The third-order valence-electron chi connectivity index (χ3n) is 2.34. The monoisotopic (exact) mass is 232 g/mol. The summed E-state index contributed by atoms with van der Waals surface area (Å²) in [5.74, 6) is -0.107. The highest BCUT2D eigenvalue weighted by Gasteiger charge is 2.05. The predicted octanol–water partition coefficient (Wildman–Crippen LogP) is 1.51. The lowest BCUT2D eigenvalue weighted by Crippen LogP contribution is -1.99. The highest BCUT2D eigenvalue weighted by Crippen LogP contribution is 2.15. The van der Waals surface area contributed by atoms with Crippen molar-refractivity contribution in [2.24, 2.45) is 0 Å². The van der Waals surface area contributed by atoms with Crippen LogP contribution in [0.4, 0.5) is 0 Å². The first-order chi connectivity index (χ1) is 8.19. The molecule has 0 atom stereocenters. The summed E-state index contributed by atoms with van der Waals surface area (Å²) in [4.78, 5) is 14.6. The number of aromatic nitrogens is 2. The molecule has 17 heavy (non-hydrogen) atoms. The Kier molecular flexibility index (Phi) is 3.09. The largest absolute Gasteiger partial charge is 0.497 e. The summed E-state index contributed by atoms with van der Waals surface area (Å²) in [5.41, 5.74) is 1.45. The van der Waals surface area contributed by atoms with E-state index in [0.717, 1.165) is 11.4 Å². The lowest BCUT2D eigenvalue weighted by atomic mass is 10.3. The van der Waals surface area contributed by atoms with Gasteiger partial charge < -0.3 is 14.4 Å².